The van der Waals surface area contributed by atoms with Crippen LogP contribution in [0.3, 0.4) is 0 Å². The van der Waals surface area contributed by atoms with Crippen LogP contribution in [-0.4, -0.2) is 34.2 Å². The summed E-state index contributed by atoms with van der Waals surface area (Å²) in [7, 11) is 0. The van der Waals surface area contributed by atoms with Crippen LogP contribution in [0, 0.1) is 27.2 Å². The molecule has 0 fully saturated rings. The summed E-state index contributed by atoms with van der Waals surface area (Å²) in [5, 5.41) is 31.0. The quantitative estimate of drug-likeness (QED) is 0.152. The summed E-state index contributed by atoms with van der Waals surface area (Å²) < 4.78 is 5.24. The van der Waals surface area contributed by atoms with E-state index in [0.717, 1.165) is 29.3 Å². The van der Waals surface area contributed by atoms with Gasteiger partial charge in [0, 0.05) is 35.7 Å². The van der Waals surface area contributed by atoms with Crippen molar-refractivity contribution in [2.75, 3.05) is 17.2 Å². The van der Waals surface area contributed by atoms with Crippen LogP contribution >= 0.6 is 0 Å². The molecule has 40 heavy (non-hydrogen) atoms. The predicted molar refractivity (Wildman–Crippen MR) is 146 cm³/mol. The van der Waals surface area contributed by atoms with Crippen LogP contribution in [0.4, 0.5) is 22.7 Å². The molecule has 1 heterocycles. The van der Waals surface area contributed by atoms with Crippen LogP contribution in [0.1, 0.15) is 11.1 Å². The van der Waals surface area contributed by atoms with Gasteiger partial charge in [-0.25, -0.2) is 4.79 Å². The maximum atomic E-state index is 13.2. The van der Waals surface area contributed by atoms with Crippen molar-refractivity contribution in [3.05, 3.63) is 115 Å². The van der Waals surface area contributed by atoms with E-state index in [1.165, 1.54) is 12.1 Å². The Bertz CT molecular complexity index is 1670. The fourth-order valence-corrected chi connectivity index (χ4v) is 4.05. The Morgan fingerprint density at radius 2 is 1.70 bits per heavy atom. The molecule has 0 aliphatic rings. The molecule has 0 saturated heterocycles. The highest BCUT2D eigenvalue weighted by Gasteiger charge is 2.23. The molecular formula is C27H23N5O8. The number of benzene rings is 3. The minimum absolute atomic E-state index is 0.0947. The average molecular weight is 546 g/mol. The van der Waals surface area contributed by atoms with Crippen molar-refractivity contribution in [2.24, 2.45) is 0 Å². The summed E-state index contributed by atoms with van der Waals surface area (Å²) in [6.45, 7) is 1.32. The molecule has 0 aliphatic carbocycles. The number of rotatable bonds is 10. The van der Waals surface area contributed by atoms with E-state index in [2.05, 4.69) is 16.0 Å². The molecule has 3 aromatic carbocycles. The van der Waals surface area contributed by atoms with Gasteiger partial charge in [0.2, 0.25) is 11.8 Å². The first-order valence-electron chi connectivity index (χ1n) is 12.0. The van der Waals surface area contributed by atoms with Crippen molar-refractivity contribution in [3.63, 3.8) is 0 Å². The van der Waals surface area contributed by atoms with Crippen LogP contribution < -0.4 is 21.6 Å². The predicted octanol–water partition coefficient (Wildman–Crippen LogP) is 3.70. The van der Waals surface area contributed by atoms with Gasteiger partial charge in [-0.3, -0.25) is 29.8 Å². The van der Waals surface area contributed by atoms with Gasteiger partial charge < -0.3 is 20.4 Å². The van der Waals surface area contributed by atoms with E-state index in [0.29, 0.717) is 16.7 Å². The highest BCUT2D eigenvalue weighted by molar-refractivity contribution is 5.99. The molecule has 3 N–H and O–H groups in total. The Labute approximate surface area is 226 Å². The fraction of sp³-hybridized carbons (Fsp3) is 0.148. The second kappa shape index (κ2) is 11.9. The van der Waals surface area contributed by atoms with Crippen molar-refractivity contribution in [2.45, 2.75) is 19.4 Å². The standard InChI is InChI=1S/C27H23N5O8/c1-16-11-26(34)40-24-13-18(7-9-20(16)24)29-27(35)22(12-17-5-3-2-4-6-17)30-25(33)15-28-21-10-8-19(31(36)37)14-23(21)32(38)39/h2-11,13-14,22,28H,12,15H2,1H3,(H,29,35)(H,30,33)/t22-/m0/s1. The van der Waals surface area contributed by atoms with Crippen LogP contribution in [-0.2, 0) is 16.0 Å². The van der Waals surface area contributed by atoms with Crippen LogP contribution in [0.25, 0.3) is 11.0 Å². The summed E-state index contributed by atoms with van der Waals surface area (Å²) >= 11 is 0. The number of amides is 2. The van der Waals surface area contributed by atoms with Gasteiger partial charge in [0.15, 0.2) is 0 Å². The van der Waals surface area contributed by atoms with Crippen LogP contribution in [0.15, 0.2) is 82.0 Å². The number of hydrogen-bond donors (Lipinski definition) is 3. The van der Waals surface area contributed by atoms with E-state index >= 15 is 0 Å². The number of fused-ring (bicyclic) bond motifs is 1. The number of carbonyl (C=O) groups is 2. The molecule has 1 aromatic heterocycles. The van der Waals surface area contributed by atoms with E-state index in [9.17, 15) is 34.6 Å². The maximum absolute atomic E-state index is 13.2. The van der Waals surface area contributed by atoms with Gasteiger partial charge in [0.25, 0.3) is 11.4 Å². The number of carbonyl (C=O) groups excluding carboxylic acids is 2. The van der Waals surface area contributed by atoms with Gasteiger partial charge in [-0.2, -0.15) is 0 Å². The number of non-ortho nitro benzene ring substituents is 1. The van der Waals surface area contributed by atoms with E-state index in [-0.39, 0.29) is 12.1 Å². The molecule has 4 aromatic rings. The fourth-order valence-electron chi connectivity index (χ4n) is 4.05. The summed E-state index contributed by atoms with van der Waals surface area (Å²) in [4.78, 5) is 58.6. The summed E-state index contributed by atoms with van der Waals surface area (Å²) in [6, 6.07) is 17.2. The maximum Gasteiger partial charge on any atom is 0.336 e. The molecule has 0 spiro atoms. The summed E-state index contributed by atoms with van der Waals surface area (Å²) in [5.41, 5.74) is 0.467. The first-order chi connectivity index (χ1) is 19.1. The Morgan fingerprint density at radius 3 is 2.40 bits per heavy atom. The lowest BCUT2D eigenvalue weighted by molar-refractivity contribution is -0.393. The molecule has 0 radical (unpaired) electrons. The normalized spacial score (nSPS) is 11.4. The second-order valence-electron chi connectivity index (χ2n) is 8.83. The number of nitro groups is 2. The second-order valence-corrected chi connectivity index (χ2v) is 8.83. The molecule has 0 aliphatic heterocycles. The molecule has 0 unspecified atom stereocenters. The third-order valence-corrected chi connectivity index (χ3v) is 5.98. The Hall–Kier alpha value is -5.59. The van der Waals surface area contributed by atoms with Crippen molar-refractivity contribution >= 4 is 45.5 Å². The molecule has 0 saturated carbocycles. The smallest absolute Gasteiger partial charge is 0.336 e. The zero-order valence-corrected chi connectivity index (χ0v) is 21.1. The van der Waals surface area contributed by atoms with Crippen molar-refractivity contribution in [3.8, 4) is 0 Å². The Kier molecular flexibility index (Phi) is 8.13. The SMILES string of the molecule is Cc1cc(=O)oc2cc(NC(=O)[C@H](Cc3ccccc3)NC(=O)CNc3ccc([N+](=O)[O-])cc3[N+](=O)[O-])ccc12. The van der Waals surface area contributed by atoms with Crippen molar-refractivity contribution < 1.29 is 23.9 Å². The third kappa shape index (κ3) is 6.64. The van der Waals surface area contributed by atoms with E-state index in [1.807, 2.05) is 6.07 Å². The zero-order chi connectivity index (χ0) is 28.8. The first-order valence-corrected chi connectivity index (χ1v) is 12.0. The topological polar surface area (TPSA) is 187 Å². The van der Waals surface area contributed by atoms with Crippen molar-refractivity contribution in [1.29, 1.82) is 0 Å². The minimum atomic E-state index is -1.04. The lowest BCUT2D eigenvalue weighted by Gasteiger charge is -2.19. The molecule has 0 bridgehead atoms. The number of hydrogen-bond acceptors (Lipinski definition) is 9. The average Bonchev–Trinajstić information content (AvgIpc) is 2.91. The molecule has 204 valence electrons. The van der Waals surface area contributed by atoms with E-state index in [1.54, 1.807) is 43.3 Å². The van der Waals surface area contributed by atoms with Gasteiger partial charge in [-0.15, -0.1) is 0 Å². The van der Waals surface area contributed by atoms with Gasteiger partial charge >= 0.3 is 5.63 Å². The number of aryl methyl sites for hydroxylation is 1. The summed E-state index contributed by atoms with van der Waals surface area (Å²) in [6.07, 6.45) is 0.137. The van der Waals surface area contributed by atoms with Crippen LogP contribution in [0.5, 0.6) is 0 Å². The molecule has 4 rings (SSSR count). The minimum Gasteiger partial charge on any atom is -0.423 e. The van der Waals surface area contributed by atoms with Gasteiger partial charge in [0.1, 0.15) is 17.3 Å². The molecule has 13 nitrogen and oxygen atoms in total. The lowest BCUT2D eigenvalue weighted by atomic mass is 10.0. The lowest BCUT2D eigenvalue weighted by Crippen LogP contribution is -2.47. The van der Waals surface area contributed by atoms with E-state index in [4.69, 9.17) is 4.42 Å². The molecule has 2 amide bonds. The number of anilines is 2. The van der Waals surface area contributed by atoms with Gasteiger partial charge in [0.05, 0.1) is 22.5 Å². The van der Waals surface area contributed by atoms with Gasteiger partial charge in [-0.05, 0) is 36.2 Å². The highest BCUT2D eigenvalue weighted by Crippen LogP contribution is 2.28. The highest BCUT2D eigenvalue weighted by atomic mass is 16.6. The Morgan fingerprint density at radius 1 is 0.950 bits per heavy atom. The largest absolute Gasteiger partial charge is 0.423 e. The monoisotopic (exact) mass is 545 g/mol. The zero-order valence-electron chi connectivity index (χ0n) is 21.1. The number of nitro benzene ring substituents is 2. The van der Waals surface area contributed by atoms with Gasteiger partial charge in [-0.1, -0.05) is 30.3 Å². The molecule has 1 atom stereocenters. The van der Waals surface area contributed by atoms with Crippen LogP contribution in [0.2, 0.25) is 0 Å². The van der Waals surface area contributed by atoms with Crippen molar-refractivity contribution in [1.82, 2.24) is 5.32 Å². The molecule has 13 heteroatoms. The first kappa shape index (κ1) is 27.4. The number of nitrogens with zero attached hydrogens (tertiary/aromatic N) is 2. The molecular weight excluding hydrogens is 522 g/mol. The van der Waals surface area contributed by atoms with E-state index < -0.39 is 51.2 Å². The third-order valence-electron chi connectivity index (χ3n) is 5.98. The Balaban J connectivity index is 1.50. The number of nitrogens with one attached hydrogen (secondary N) is 3. The summed E-state index contributed by atoms with van der Waals surface area (Å²) in [5.74, 6) is -1.20.